The number of aryl methyl sites for hydroxylation is 1. The highest BCUT2D eigenvalue weighted by Gasteiger charge is 2.09. The van der Waals surface area contributed by atoms with Crippen molar-refractivity contribution in [3.8, 4) is 23.2 Å². The van der Waals surface area contributed by atoms with Gasteiger partial charge in [0.25, 0.3) is 0 Å². The zero-order chi connectivity index (χ0) is 18.5. The number of hydrogen-bond acceptors (Lipinski definition) is 5. The van der Waals surface area contributed by atoms with Crippen molar-refractivity contribution < 1.29 is 14.6 Å². The molecule has 6 heteroatoms. The van der Waals surface area contributed by atoms with Gasteiger partial charge < -0.3 is 9.84 Å². The van der Waals surface area contributed by atoms with Crippen molar-refractivity contribution in [3.63, 3.8) is 0 Å². The first-order valence-electron chi connectivity index (χ1n) is 7.86. The van der Waals surface area contributed by atoms with Gasteiger partial charge in [-0.15, -0.1) is 0 Å². The van der Waals surface area contributed by atoms with Crippen LogP contribution in [0.1, 0.15) is 27.2 Å². The fraction of sp³-hybridized carbons (Fsp3) is 0.100. The summed E-state index contributed by atoms with van der Waals surface area (Å²) in [5, 5.41) is 18.3. The van der Waals surface area contributed by atoms with Crippen LogP contribution in [0.2, 0.25) is 0 Å². The minimum Gasteiger partial charge on any atom is -0.489 e. The molecule has 0 aliphatic carbocycles. The van der Waals surface area contributed by atoms with E-state index in [2.05, 4.69) is 16.0 Å². The van der Waals surface area contributed by atoms with Gasteiger partial charge in [0.1, 0.15) is 12.4 Å². The molecule has 3 rings (SSSR count). The van der Waals surface area contributed by atoms with Gasteiger partial charge in [0, 0.05) is 17.3 Å². The lowest BCUT2D eigenvalue weighted by atomic mass is 10.0. The van der Waals surface area contributed by atoms with Gasteiger partial charge in [0.05, 0.1) is 11.6 Å². The molecule has 1 aromatic heterocycles. The van der Waals surface area contributed by atoms with Crippen LogP contribution in [0.5, 0.6) is 5.75 Å². The van der Waals surface area contributed by atoms with Crippen molar-refractivity contribution in [3.05, 3.63) is 77.1 Å². The van der Waals surface area contributed by atoms with Crippen LogP contribution in [0.25, 0.3) is 11.4 Å². The Labute approximate surface area is 150 Å². The number of carboxylic acid groups (broad SMARTS) is 1. The number of nitrogens with zero attached hydrogens (tertiary/aromatic N) is 3. The van der Waals surface area contributed by atoms with Crippen molar-refractivity contribution in [2.45, 2.75) is 13.5 Å². The Hall–Kier alpha value is -3.72. The van der Waals surface area contributed by atoms with Crippen LogP contribution in [0.4, 0.5) is 0 Å². The summed E-state index contributed by atoms with van der Waals surface area (Å²) in [7, 11) is 0. The summed E-state index contributed by atoms with van der Waals surface area (Å²) in [4.78, 5) is 19.1. The van der Waals surface area contributed by atoms with Gasteiger partial charge in [-0.3, -0.25) is 0 Å². The number of ether oxygens (including phenoxy) is 1. The normalized spacial score (nSPS) is 10.2. The molecule has 26 heavy (non-hydrogen) atoms. The van der Waals surface area contributed by atoms with Gasteiger partial charge in [0.2, 0.25) is 0 Å². The Kier molecular flexibility index (Phi) is 4.90. The predicted octanol–water partition coefficient (Wildman–Crippen LogP) is 3.60. The fourth-order valence-corrected chi connectivity index (χ4v) is 2.49. The van der Waals surface area contributed by atoms with E-state index < -0.39 is 5.97 Å². The third-order valence-electron chi connectivity index (χ3n) is 3.85. The van der Waals surface area contributed by atoms with E-state index in [9.17, 15) is 10.1 Å². The van der Waals surface area contributed by atoms with Crippen LogP contribution in [-0.2, 0) is 6.61 Å². The van der Waals surface area contributed by atoms with E-state index in [-0.39, 0.29) is 12.3 Å². The standard InChI is InChI=1S/C20H15N3O3/c1-13-3-2-4-15(17(13)11-21)12-26-16-7-5-14(6-8-16)19-22-10-9-18(23-19)20(24)25/h2-10H,12H2,1H3,(H,24,25). The van der Waals surface area contributed by atoms with Crippen molar-refractivity contribution in [2.24, 2.45) is 0 Å². The third kappa shape index (κ3) is 3.68. The molecule has 0 spiro atoms. The van der Waals surface area contributed by atoms with Crippen LogP contribution >= 0.6 is 0 Å². The molecular formula is C20H15N3O3. The molecule has 0 aliphatic rings. The van der Waals surface area contributed by atoms with Crippen LogP contribution in [0, 0.1) is 18.3 Å². The first-order chi connectivity index (χ1) is 12.6. The summed E-state index contributed by atoms with van der Waals surface area (Å²) in [6.07, 6.45) is 1.41. The lowest BCUT2D eigenvalue weighted by Crippen LogP contribution is -2.02. The van der Waals surface area contributed by atoms with Crippen LogP contribution in [0.15, 0.2) is 54.7 Å². The number of nitriles is 1. The van der Waals surface area contributed by atoms with Crippen LogP contribution in [0.3, 0.4) is 0 Å². The molecule has 3 aromatic rings. The molecule has 0 atom stereocenters. The molecule has 6 nitrogen and oxygen atoms in total. The summed E-state index contributed by atoms with van der Waals surface area (Å²) < 4.78 is 5.76. The molecule has 0 aliphatic heterocycles. The second-order valence-electron chi connectivity index (χ2n) is 5.60. The number of carbonyl (C=O) groups is 1. The lowest BCUT2D eigenvalue weighted by Gasteiger charge is -2.09. The molecule has 1 heterocycles. The Morgan fingerprint density at radius 2 is 1.96 bits per heavy atom. The third-order valence-corrected chi connectivity index (χ3v) is 3.85. The highest BCUT2D eigenvalue weighted by Crippen LogP contribution is 2.21. The van der Waals surface area contributed by atoms with Crippen molar-refractivity contribution in [2.75, 3.05) is 0 Å². The number of rotatable bonds is 5. The molecular weight excluding hydrogens is 330 g/mol. The topological polar surface area (TPSA) is 96.1 Å². The molecule has 0 amide bonds. The van der Waals surface area contributed by atoms with Crippen molar-refractivity contribution >= 4 is 5.97 Å². The summed E-state index contributed by atoms with van der Waals surface area (Å²) in [5.41, 5.74) is 3.00. The molecule has 0 saturated heterocycles. The highest BCUT2D eigenvalue weighted by atomic mass is 16.5. The Balaban J connectivity index is 1.75. The van der Waals surface area contributed by atoms with Gasteiger partial charge >= 0.3 is 5.97 Å². The Morgan fingerprint density at radius 3 is 2.65 bits per heavy atom. The number of benzene rings is 2. The quantitative estimate of drug-likeness (QED) is 0.759. The van der Waals surface area contributed by atoms with E-state index >= 15 is 0 Å². The first-order valence-corrected chi connectivity index (χ1v) is 7.86. The van der Waals surface area contributed by atoms with E-state index in [1.807, 2.05) is 25.1 Å². The number of aromatic carboxylic acids is 1. The second kappa shape index (κ2) is 7.45. The van der Waals surface area contributed by atoms with E-state index in [0.29, 0.717) is 22.7 Å². The largest absolute Gasteiger partial charge is 0.489 e. The number of hydrogen-bond donors (Lipinski definition) is 1. The van der Waals surface area contributed by atoms with Crippen LogP contribution in [-0.4, -0.2) is 21.0 Å². The first kappa shape index (κ1) is 17.1. The SMILES string of the molecule is Cc1cccc(COc2ccc(-c3nccc(C(=O)O)n3)cc2)c1C#N. The monoisotopic (exact) mass is 345 g/mol. The molecule has 0 fully saturated rings. The molecule has 2 aromatic carbocycles. The minimum absolute atomic E-state index is 0.0567. The summed E-state index contributed by atoms with van der Waals surface area (Å²) in [6, 6.07) is 16.2. The molecule has 1 N–H and O–H groups in total. The predicted molar refractivity (Wildman–Crippen MR) is 94.7 cm³/mol. The smallest absolute Gasteiger partial charge is 0.354 e. The van der Waals surface area contributed by atoms with Crippen molar-refractivity contribution in [1.82, 2.24) is 9.97 Å². The molecule has 128 valence electrons. The molecule has 0 saturated carbocycles. The van der Waals surface area contributed by atoms with E-state index in [1.54, 1.807) is 24.3 Å². The summed E-state index contributed by atoms with van der Waals surface area (Å²) in [6.45, 7) is 2.18. The average molecular weight is 345 g/mol. The Morgan fingerprint density at radius 1 is 1.19 bits per heavy atom. The second-order valence-corrected chi connectivity index (χ2v) is 5.60. The fourth-order valence-electron chi connectivity index (χ4n) is 2.49. The number of carboxylic acids is 1. The molecule has 0 radical (unpaired) electrons. The maximum Gasteiger partial charge on any atom is 0.354 e. The summed E-state index contributed by atoms with van der Waals surface area (Å²) in [5.74, 6) is -0.129. The van der Waals surface area contributed by atoms with E-state index in [0.717, 1.165) is 11.1 Å². The van der Waals surface area contributed by atoms with Gasteiger partial charge in [0.15, 0.2) is 11.5 Å². The van der Waals surface area contributed by atoms with Gasteiger partial charge in [-0.1, -0.05) is 18.2 Å². The van der Waals surface area contributed by atoms with E-state index in [1.165, 1.54) is 12.3 Å². The highest BCUT2D eigenvalue weighted by molar-refractivity contribution is 5.85. The van der Waals surface area contributed by atoms with Crippen molar-refractivity contribution in [1.29, 1.82) is 5.26 Å². The minimum atomic E-state index is -1.10. The summed E-state index contributed by atoms with van der Waals surface area (Å²) >= 11 is 0. The Bertz CT molecular complexity index is 992. The van der Waals surface area contributed by atoms with Gasteiger partial charge in [-0.2, -0.15) is 5.26 Å². The molecule has 0 bridgehead atoms. The van der Waals surface area contributed by atoms with Gasteiger partial charge in [-0.05, 0) is 42.8 Å². The van der Waals surface area contributed by atoms with E-state index in [4.69, 9.17) is 9.84 Å². The maximum atomic E-state index is 11.0. The zero-order valence-electron chi connectivity index (χ0n) is 14.0. The maximum absolute atomic E-state index is 11.0. The average Bonchev–Trinajstić information content (AvgIpc) is 2.67. The number of aromatic nitrogens is 2. The van der Waals surface area contributed by atoms with Crippen LogP contribution < -0.4 is 4.74 Å². The molecule has 0 unspecified atom stereocenters. The lowest BCUT2D eigenvalue weighted by molar-refractivity contribution is 0.0690. The zero-order valence-corrected chi connectivity index (χ0v) is 14.0. The van der Waals surface area contributed by atoms with Gasteiger partial charge in [-0.25, -0.2) is 14.8 Å².